The number of unbranched alkanes of at least 4 members (excludes halogenated alkanes) is 5. The first-order valence-corrected chi connectivity index (χ1v) is 6.78. The number of carbonyl (C=O) groups is 1. The molecule has 3 nitrogen and oxygen atoms in total. The third-order valence-corrected chi connectivity index (χ3v) is 2.55. The quantitative estimate of drug-likeness (QED) is 0.550. The van der Waals surface area contributed by atoms with E-state index < -0.39 is 5.97 Å². The van der Waals surface area contributed by atoms with Gasteiger partial charge in [0.2, 0.25) is 0 Å². The molecular formula is C15H25NO2. The van der Waals surface area contributed by atoms with Crippen LogP contribution < -0.4 is 9.67 Å². The van der Waals surface area contributed by atoms with Gasteiger partial charge in [-0.15, -0.1) is 0 Å². The van der Waals surface area contributed by atoms with E-state index in [0.29, 0.717) is 0 Å². The summed E-state index contributed by atoms with van der Waals surface area (Å²) >= 11 is 0. The maximum atomic E-state index is 8.89. The third kappa shape index (κ3) is 12.7. The number of aryl methyl sites for hydroxylation is 1. The fraction of sp³-hybridized carbons (Fsp3) is 0.600. The molecule has 0 radical (unpaired) electrons. The minimum Gasteiger partial charge on any atom is -0.550 e. The summed E-state index contributed by atoms with van der Waals surface area (Å²) in [5.74, 6) is -1.08. The molecule has 0 aliphatic carbocycles. The van der Waals surface area contributed by atoms with Gasteiger partial charge >= 0.3 is 0 Å². The van der Waals surface area contributed by atoms with E-state index >= 15 is 0 Å². The Morgan fingerprint density at radius 2 is 1.50 bits per heavy atom. The lowest BCUT2D eigenvalue weighted by Gasteiger charge is -1.98. The van der Waals surface area contributed by atoms with Crippen LogP contribution in [0.3, 0.4) is 0 Å². The first-order valence-electron chi connectivity index (χ1n) is 6.78. The van der Waals surface area contributed by atoms with Gasteiger partial charge in [0.05, 0.1) is 0 Å². The van der Waals surface area contributed by atoms with Crippen LogP contribution in [-0.2, 0) is 11.3 Å². The second-order valence-electron chi connectivity index (χ2n) is 4.37. The normalized spacial score (nSPS) is 9.44. The highest BCUT2D eigenvalue weighted by molar-refractivity contribution is 5.60. The summed E-state index contributed by atoms with van der Waals surface area (Å²) in [5.41, 5.74) is 0. The number of hydrogen-bond acceptors (Lipinski definition) is 2. The molecule has 0 aromatic carbocycles. The topological polar surface area (TPSA) is 44.0 Å². The molecule has 0 unspecified atom stereocenters. The van der Waals surface area contributed by atoms with E-state index in [-0.39, 0.29) is 0 Å². The molecule has 18 heavy (non-hydrogen) atoms. The molecule has 0 N–H and O–H groups in total. The van der Waals surface area contributed by atoms with E-state index in [4.69, 9.17) is 9.90 Å². The molecule has 102 valence electrons. The zero-order chi connectivity index (χ0) is 13.6. The average Bonchev–Trinajstić information content (AvgIpc) is 2.34. The Balaban J connectivity index is 0.000000631. The van der Waals surface area contributed by atoms with Crippen molar-refractivity contribution in [2.24, 2.45) is 0 Å². The van der Waals surface area contributed by atoms with Crippen molar-refractivity contribution in [3.63, 3.8) is 0 Å². The number of carboxylic acid groups (broad SMARTS) is 1. The minimum atomic E-state index is -1.08. The van der Waals surface area contributed by atoms with E-state index in [2.05, 4.69) is 42.1 Å². The Labute approximate surface area is 110 Å². The lowest BCUT2D eigenvalue weighted by molar-refractivity contribution is -0.697. The number of carbonyl (C=O) groups excluding carboxylic acids is 1. The number of nitrogens with zero attached hydrogens (tertiary/aromatic N) is 1. The van der Waals surface area contributed by atoms with Crippen molar-refractivity contribution >= 4 is 5.97 Å². The van der Waals surface area contributed by atoms with E-state index in [1.165, 1.54) is 45.1 Å². The van der Waals surface area contributed by atoms with Crippen molar-refractivity contribution in [3.05, 3.63) is 30.6 Å². The molecule has 1 rings (SSSR count). The highest BCUT2D eigenvalue weighted by Gasteiger charge is 1.96. The Hall–Kier alpha value is -1.38. The summed E-state index contributed by atoms with van der Waals surface area (Å²) in [6.45, 7) is 4.41. The number of pyridine rings is 1. The molecule has 3 heteroatoms. The molecule has 0 saturated carbocycles. The van der Waals surface area contributed by atoms with Gasteiger partial charge in [-0.2, -0.15) is 0 Å². The summed E-state index contributed by atoms with van der Waals surface area (Å²) < 4.78 is 2.26. The van der Waals surface area contributed by atoms with Crippen LogP contribution in [0.15, 0.2) is 30.6 Å². The number of carboxylic acids is 1. The summed E-state index contributed by atoms with van der Waals surface area (Å²) in [5, 5.41) is 8.89. The van der Waals surface area contributed by atoms with E-state index in [9.17, 15) is 0 Å². The van der Waals surface area contributed by atoms with Gasteiger partial charge in [-0.3, -0.25) is 0 Å². The summed E-state index contributed by atoms with van der Waals surface area (Å²) in [4.78, 5) is 8.89. The van der Waals surface area contributed by atoms with Crippen LogP contribution in [0.5, 0.6) is 0 Å². The van der Waals surface area contributed by atoms with Gasteiger partial charge in [-0.25, -0.2) is 4.57 Å². The van der Waals surface area contributed by atoms with Crippen molar-refractivity contribution in [1.82, 2.24) is 0 Å². The standard InChI is InChI=1S/C13H22N.C2H4O2/c1-2-3-4-5-6-8-11-14-12-9-7-10-13-14;1-2(3)4/h7,9-10,12-13H,2-6,8,11H2,1H3;1H3,(H,3,4)/q+1;/p-1. The van der Waals surface area contributed by atoms with Crippen LogP contribution in [0.25, 0.3) is 0 Å². The first-order chi connectivity index (χ1) is 8.66. The number of rotatable bonds is 7. The fourth-order valence-corrected chi connectivity index (χ4v) is 1.66. The summed E-state index contributed by atoms with van der Waals surface area (Å²) in [7, 11) is 0. The predicted octanol–water partition coefficient (Wildman–Crippen LogP) is 2.09. The smallest absolute Gasteiger partial charge is 0.168 e. The second kappa shape index (κ2) is 12.1. The van der Waals surface area contributed by atoms with Crippen LogP contribution >= 0.6 is 0 Å². The Bertz CT molecular complexity index is 295. The molecule has 0 atom stereocenters. The fourth-order valence-electron chi connectivity index (χ4n) is 1.66. The lowest BCUT2D eigenvalue weighted by atomic mass is 10.1. The molecule has 0 aliphatic heterocycles. The Morgan fingerprint density at radius 3 is 2.06 bits per heavy atom. The van der Waals surface area contributed by atoms with E-state index in [1.54, 1.807) is 0 Å². The van der Waals surface area contributed by atoms with E-state index in [1.807, 2.05) is 0 Å². The molecule has 1 aromatic heterocycles. The zero-order valence-corrected chi connectivity index (χ0v) is 11.6. The van der Waals surface area contributed by atoms with Crippen molar-refractivity contribution in [2.75, 3.05) is 0 Å². The third-order valence-electron chi connectivity index (χ3n) is 2.55. The van der Waals surface area contributed by atoms with Crippen LogP contribution in [0, 0.1) is 0 Å². The van der Waals surface area contributed by atoms with Crippen LogP contribution in [0.4, 0.5) is 0 Å². The molecule has 0 saturated heterocycles. The maximum absolute atomic E-state index is 8.89. The number of hydrogen-bond donors (Lipinski definition) is 0. The van der Waals surface area contributed by atoms with Crippen molar-refractivity contribution in [2.45, 2.75) is 58.9 Å². The highest BCUT2D eigenvalue weighted by atomic mass is 16.4. The van der Waals surface area contributed by atoms with Crippen molar-refractivity contribution < 1.29 is 14.5 Å². The van der Waals surface area contributed by atoms with Gasteiger partial charge in [0.25, 0.3) is 0 Å². The molecule has 0 aliphatic rings. The van der Waals surface area contributed by atoms with Gasteiger partial charge < -0.3 is 9.90 Å². The zero-order valence-electron chi connectivity index (χ0n) is 11.6. The molecule has 1 heterocycles. The predicted molar refractivity (Wildman–Crippen MR) is 70.7 cm³/mol. The minimum absolute atomic E-state index is 0.972. The van der Waals surface area contributed by atoms with Gasteiger partial charge in [-0.1, -0.05) is 38.7 Å². The monoisotopic (exact) mass is 251 g/mol. The van der Waals surface area contributed by atoms with E-state index in [0.717, 1.165) is 6.92 Å². The van der Waals surface area contributed by atoms with Crippen LogP contribution in [-0.4, -0.2) is 5.97 Å². The molecule has 0 spiro atoms. The van der Waals surface area contributed by atoms with Crippen molar-refractivity contribution in [3.8, 4) is 0 Å². The SMILES string of the molecule is CC(=O)[O-].CCCCCCCC[n+]1ccccc1. The Kier molecular flexibility index (Phi) is 11.2. The largest absolute Gasteiger partial charge is 0.550 e. The lowest BCUT2D eigenvalue weighted by Crippen LogP contribution is -2.32. The molecule has 0 amide bonds. The summed E-state index contributed by atoms with van der Waals surface area (Å²) in [6, 6.07) is 6.26. The maximum Gasteiger partial charge on any atom is 0.168 e. The van der Waals surface area contributed by atoms with Gasteiger partial charge in [0.1, 0.15) is 6.54 Å². The first kappa shape index (κ1) is 16.6. The highest BCUT2D eigenvalue weighted by Crippen LogP contribution is 2.04. The van der Waals surface area contributed by atoms with Crippen molar-refractivity contribution in [1.29, 1.82) is 0 Å². The number of aromatic nitrogens is 1. The molecule has 1 aromatic rings. The molecule has 0 bridgehead atoms. The van der Waals surface area contributed by atoms with Gasteiger partial charge in [0.15, 0.2) is 12.4 Å². The van der Waals surface area contributed by atoms with Gasteiger partial charge in [-0.05, 0) is 13.3 Å². The Morgan fingerprint density at radius 1 is 1.00 bits per heavy atom. The summed E-state index contributed by atoms with van der Waals surface area (Å²) in [6.07, 6.45) is 12.5. The van der Waals surface area contributed by atoms with Gasteiger partial charge in [0, 0.05) is 24.5 Å². The molecular weight excluding hydrogens is 226 g/mol. The van der Waals surface area contributed by atoms with Crippen LogP contribution in [0.2, 0.25) is 0 Å². The number of aliphatic carboxylic acids is 1. The molecule has 0 fully saturated rings. The van der Waals surface area contributed by atoms with Crippen LogP contribution in [0.1, 0.15) is 52.4 Å². The second-order valence-corrected chi connectivity index (χ2v) is 4.37. The average molecular weight is 251 g/mol.